The van der Waals surface area contributed by atoms with Crippen molar-refractivity contribution >= 4 is 13.2 Å². The van der Waals surface area contributed by atoms with Gasteiger partial charge in [-0.15, -0.1) is 0 Å². The van der Waals surface area contributed by atoms with E-state index in [0.717, 1.165) is 17.0 Å². The van der Waals surface area contributed by atoms with E-state index >= 15 is 0 Å². The molecule has 0 aromatic rings. The van der Waals surface area contributed by atoms with Crippen LogP contribution in [0, 0.1) is 0 Å². The molecule has 23 heavy (non-hydrogen) atoms. The Bertz CT molecular complexity index is 332. The quantitative estimate of drug-likeness (QED) is 0.640. The first kappa shape index (κ1) is 17.7. The van der Waals surface area contributed by atoms with E-state index in [-0.39, 0.29) is 0 Å². The summed E-state index contributed by atoms with van der Waals surface area (Å²) in [4.78, 5) is 12.0. The van der Waals surface area contributed by atoms with Crippen molar-refractivity contribution in [2.75, 3.05) is 6.16 Å². The fourth-order valence-corrected chi connectivity index (χ4v) is 14.5. The molecule has 1 N–H and O–H groups in total. The fraction of sp³-hybridized carbons (Fsp3) is 0.950. The van der Waals surface area contributed by atoms with Gasteiger partial charge in [0.1, 0.15) is 0 Å². The summed E-state index contributed by atoms with van der Waals surface area (Å²) in [5, 5.41) is 9.88. The van der Waals surface area contributed by atoms with Crippen molar-refractivity contribution in [2.24, 2.45) is 0 Å². The molecule has 0 aromatic heterocycles. The van der Waals surface area contributed by atoms with Gasteiger partial charge in [0.25, 0.3) is 0 Å². The average molecular weight is 340 g/mol. The van der Waals surface area contributed by atoms with Gasteiger partial charge in [-0.3, -0.25) is 0 Å². The van der Waals surface area contributed by atoms with Gasteiger partial charge in [0, 0.05) is 0 Å². The van der Waals surface area contributed by atoms with Crippen molar-refractivity contribution in [2.45, 2.75) is 113 Å². The summed E-state index contributed by atoms with van der Waals surface area (Å²) in [5.74, 6) is -0.460. The van der Waals surface area contributed by atoms with E-state index in [2.05, 4.69) is 0 Å². The van der Waals surface area contributed by atoms with Crippen LogP contribution in [0.25, 0.3) is 0 Å². The summed E-state index contributed by atoms with van der Waals surface area (Å²) in [6.45, 7) is 0. The third kappa shape index (κ3) is 3.94. The van der Waals surface area contributed by atoms with Crippen LogP contribution in [0.3, 0.4) is 0 Å². The van der Waals surface area contributed by atoms with Gasteiger partial charge in [-0.05, 0) is 0 Å². The third-order valence-corrected chi connectivity index (χ3v) is 14.8. The van der Waals surface area contributed by atoms with Gasteiger partial charge in [0.15, 0.2) is 0 Å². The van der Waals surface area contributed by atoms with Crippen LogP contribution >= 0.6 is 7.26 Å². The van der Waals surface area contributed by atoms with Gasteiger partial charge in [-0.2, -0.15) is 0 Å². The molecule has 0 atom stereocenters. The Labute approximate surface area is 143 Å². The van der Waals surface area contributed by atoms with Gasteiger partial charge < -0.3 is 0 Å². The van der Waals surface area contributed by atoms with Gasteiger partial charge in [-0.25, -0.2) is 0 Å². The summed E-state index contributed by atoms with van der Waals surface area (Å²) in [6, 6.07) is 0. The second kappa shape index (κ2) is 8.32. The molecule has 0 unspecified atom stereocenters. The normalized spacial score (nSPS) is 27.0. The van der Waals surface area contributed by atoms with Crippen molar-refractivity contribution < 1.29 is 9.90 Å². The Hall–Kier alpha value is -0.100. The van der Waals surface area contributed by atoms with E-state index in [0.29, 0.717) is 6.16 Å². The first-order chi connectivity index (χ1) is 11.2. The topological polar surface area (TPSA) is 37.3 Å². The van der Waals surface area contributed by atoms with Crippen molar-refractivity contribution in [3.8, 4) is 0 Å². The van der Waals surface area contributed by atoms with Crippen LogP contribution in [0.1, 0.15) is 96.3 Å². The Balaban J connectivity index is 1.93. The third-order valence-electron chi connectivity index (χ3n) is 7.55. The van der Waals surface area contributed by atoms with Gasteiger partial charge in [0.05, 0.1) is 0 Å². The molecule has 3 aliphatic rings. The molecule has 0 radical (unpaired) electrons. The van der Waals surface area contributed by atoms with Crippen LogP contribution in [0.15, 0.2) is 0 Å². The van der Waals surface area contributed by atoms with Crippen LogP contribution in [-0.4, -0.2) is 34.2 Å². The minimum atomic E-state index is -1.76. The SMILES string of the molecule is O=C(O)C[PH](C1CCCCC1)(C1CCCCC1)C1CCCCC1. The molecule has 0 spiro atoms. The summed E-state index contributed by atoms with van der Waals surface area (Å²) in [5.41, 5.74) is 2.50. The van der Waals surface area contributed by atoms with Crippen LogP contribution < -0.4 is 0 Å². The maximum atomic E-state index is 12.0. The summed E-state index contributed by atoms with van der Waals surface area (Å²) in [7, 11) is -1.76. The van der Waals surface area contributed by atoms with Gasteiger partial charge in [0.2, 0.25) is 0 Å². The molecule has 0 bridgehead atoms. The molecule has 0 aromatic carbocycles. The second-order valence-corrected chi connectivity index (χ2v) is 13.7. The number of carboxylic acid groups (broad SMARTS) is 1. The molecule has 0 saturated heterocycles. The Morgan fingerprint density at radius 1 is 0.652 bits per heavy atom. The zero-order valence-corrected chi connectivity index (χ0v) is 15.9. The van der Waals surface area contributed by atoms with E-state index in [1.165, 1.54) is 96.3 Å². The van der Waals surface area contributed by atoms with Crippen LogP contribution in [0.4, 0.5) is 0 Å². The number of hydrogen-bond donors (Lipinski definition) is 1. The van der Waals surface area contributed by atoms with Crippen LogP contribution in [0.5, 0.6) is 0 Å². The van der Waals surface area contributed by atoms with E-state index in [4.69, 9.17) is 0 Å². The predicted octanol–water partition coefficient (Wildman–Crippen LogP) is 5.82. The molecule has 0 amide bonds. The van der Waals surface area contributed by atoms with Crippen molar-refractivity contribution in [1.29, 1.82) is 0 Å². The Morgan fingerprint density at radius 3 is 1.22 bits per heavy atom. The summed E-state index contributed by atoms with van der Waals surface area (Å²) in [6.07, 6.45) is 21.2. The minimum absolute atomic E-state index is 0.460. The zero-order valence-electron chi connectivity index (χ0n) is 14.9. The molecular formula is C20H37O2P. The second-order valence-electron chi connectivity index (χ2n) is 8.69. The molecular weight excluding hydrogens is 303 g/mol. The molecule has 3 rings (SSSR count). The standard InChI is InChI=1S/C20H37O2P/c21-20(22)16-23(17-10-4-1-5-11-17,18-12-6-2-7-13-18)19-14-8-3-9-15-19/h17-19,23H,1-16H2,(H,21,22). The average Bonchev–Trinajstić information content (AvgIpc) is 2.62. The molecule has 3 aliphatic carbocycles. The molecule has 3 saturated carbocycles. The Morgan fingerprint density at radius 2 is 0.957 bits per heavy atom. The fourth-order valence-electron chi connectivity index (χ4n) is 6.62. The first-order valence-electron chi connectivity index (χ1n) is 10.5. The van der Waals surface area contributed by atoms with Gasteiger partial charge in [-0.1, -0.05) is 0 Å². The molecule has 134 valence electrons. The number of carbonyl (C=O) groups is 1. The maximum absolute atomic E-state index is 12.0. The van der Waals surface area contributed by atoms with E-state index in [1.54, 1.807) is 0 Å². The number of rotatable bonds is 5. The monoisotopic (exact) mass is 340 g/mol. The number of carboxylic acids is 1. The number of aliphatic carboxylic acids is 1. The molecule has 0 aliphatic heterocycles. The summed E-state index contributed by atoms with van der Waals surface area (Å²) < 4.78 is 0. The molecule has 3 fully saturated rings. The van der Waals surface area contributed by atoms with Crippen LogP contribution in [0.2, 0.25) is 0 Å². The van der Waals surface area contributed by atoms with Crippen molar-refractivity contribution in [3.63, 3.8) is 0 Å². The van der Waals surface area contributed by atoms with Crippen molar-refractivity contribution in [1.82, 2.24) is 0 Å². The van der Waals surface area contributed by atoms with E-state index < -0.39 is 13.2 Å². The summed E-state index contributed by atoms with van der Waals surface area (Å²) >= 11 is 0. The first-order valence-corrected chi connectivity index (χ1v) is 12.9. The van der Waals surface area contributed by atoms with Crippen LogP contribution in [-0.2, 0) is 4.79 Å². The molecule has 3 heteroatoms. The zero-order chi connectivity index (χ0) is 16.1. The number of hydrogen-bond acceptors (Lipinski definition) is 1. The molecule has 2 nitrogen and oxygen atoms in total. The predicted molar refractivity (Wildman–Crippen MR) is 101 cm³/mol. The van der Waals surface area contributed by atoms with E-state index in [9.17, 15) is 9.90 Å². The Kier molecular flexibility index (Phi) is 6.41. The van der Waals surface area contributed by atoms with Gasteiger partial charge >= 0.3 is 143 Å². The molecule has 0 heterocycles. The van der Waals surface area contributed by atoms with Crippen molar-refractivity contribution in [3.05, 3.63) is 0 Å². The van der Waals surface area contributed by atoms with E-state index in [1.807, 2.05) is 0 Å².